The van der Waals surface area contributed by atoms with Gasteiger partial charge in [-0.25, -0.2) is 0 Å². The van der Waals surface area contributed by atoms with Crippen LogP contribution in [0.15, 0.2) is 22.8 Å². The van der Waals surface area contributed by atoms with Crippen molar-refractivity contribution in [3.05, 3.63) is 35.1 Å². The van der Waals surface area contributed by atoms with Crippen LogP contribution in [0.2, 0.25) is 0 Å². The molecule has 1 aromatic heterocycles. The second-order valence-electron chi connectivity index (χ2n) is 5.76. The van der Waals surface area contributed by atoms with E-state index in [-0.39, 0.29) is 12.0 Å². The molecule has 1 aliphatic rings. The van der Waals surface area contributed by atoms with Crippen LogP contribution in [0.3, 0.4) is 0 Å². The molecule has 1 fully saturated rings. The van der Waals surface area contributed by atoms with Crippen LogP contribution in [0.1, 0.15) is 29.5 Å². The van der Waals surface area contributed by atoms with Crippen molar-refractivity contribution < 1.29 is 13.9 Å². The Morgan fingerprint density at radius 2 is 2.24 bits per heavy atom. The summed E-state index contributed by atoms with van der Waals surface area (Å²) in [6.45, 7) is 5.52. The monoisotopic (exact) mass is 287 g/mol. The highest BCUT2D eigenvalue weighted by atomic mass is 16.5. The van der Waals surface area contributed by atoms with Gasteiger partial charge < -0.3 is 14.5 Å². The molecule has 2 heterocycles. The van der Waals surface area contributed by atoms with Gasteiger partial charge in [0.15, 0.2) is 0 Å². The number of hydrogen-bond donors (Lipinski definition) is 1. The highest BCUT2D eigenvalue weighted by Gasteiger charge is 2.17. The number of rotatable bonds is 4. The molecule has 2 aromatic rings. The van der Waals surface area contributed by atoms with Crippen molar-refractivity contribution in [1.29, 1.82) is 0 Å². The van der Waals surface area contributed by atoms with Gasteiger partial charge >= 0.3 is 0 Å². The minimum Gasteiger partial charge on any atom is -0.464 e. The summed E-state index contributed by atoms with van der Waals surface area (Å²) < 4.78 is 11.1. The highest BCUT2D eigenvalue weighted by molar-refractivity contribution is 5.89. The Labute approximate surface area is 124 Å². The summed E-state index contributed by atoms with van der Waals surface area (Å²) >= 11 is 0. The summed E-state index contributed by atoms with van der Waals surface area (Å²) in [5.74, 6) is 0.0198. The second kappa shape index (κ2) is 5.90. The van der Waals surface area contributed by atoms with E-state index in [1.807, 2.05) is 13.0 Å². The molecular weight excluding hydrogens is 266 g/mol. The van der Waals surface area contributed by atoms with Gasteiger partial charge in [0.2, 0.25) is 5.91 Å². The van der Waals surface area contributed by atoms with E-state index in [1.54, 1.807) is 6.26 Å². The number of benzene rings is 1. The predicted octanol–water partition coefficient (Wildman–Crippen LogP) is 2.89. The zero-order valence-corrected chi connectivity index (χ0v) is 12.6. The molecule has 1 amide bonds. The summed E-state index contributed by atoms with van der Waals surface area (Å²) in [5.41, 5.74) is 4.17. The summed E-state index contributed by atoms with van der Waals surface area (Å²) in [6.07, 6.45) is 4.35. The summed E-state index contributed by atoms with van der Waals surface area (Å²) in [4.78, 5) is 12.1. The van der Waals surface area contributed by atoms with E-state index < -0.39 is 0 Å². The molecule has 21 heavy (non-hydrogen) atoms. The number of aryl methyl sites for hydroxylation is 2. The van der Waals surface area contributed by atoms with Crippen LogP contribution < -0.4 is 5.32 Å². The maximum Gasteiger partial charge on any atom is 0.224 e. The largest absolute Gasteiger partial charge is 0.464 e. The van der Waals surface area contributed by atoms with Crippen molar-refractivity contribution in [2.75, 3.05) is 13.2 Å². The number of fused-ring (bicyclic) bond motifs is 1. The van der Waals surface area contributed by atoms with E-state index in [0.29, 0.717) is 13.0 Å². The number of amides is 1. The lowest BCUT2D eigenvalue weighted by Crippen LogP contribution is -2.32. The van der Waals surface area contributed by atoms with Crippen molar-refractivity contribution in [1.82, 2.24) is 5.32 Å². The van der Waals surface area contributed by atoms with Crippen LogP contribution in [0, 0.1) is 13.8 Å². The van der Waals surface area contributed by atoms with Crippen LogP contribution >= 0.6 is 0 Å². The lowest BCUT2D eigenvalue weighted by Gasteiger charge is -2.10. The minimum atomic E-state index is 0.0198. The first-order chi connectivity index (χ1) is 10.1. The molecule has 4 nitrogen and oxygen atoms in total. The number of ether oxygens (including phenoxy) is 1. The Balaban J connectivity index is 1.67. The van der Waals surface area contributed by atoms with Gasteiger partial charge in [-0.05, 0) is 37.8 Å². The molecule has 1 aliphatic heterocycles. The smallest absolute Gasteiger partial charge is 0.224 e. The van der Waals surface area contributed by atoms with Gasteiger partial charge in [-0.15, -0.1) is 0 Å². The SMILES string of the molecule is Cc1ccc2c(CC(=O)NC[C@@H]3CCCO3)coc2c1C. The Hall–Kier alpha value is -1.81. The summed E-state index contributed by atoms with van der Waals surface area (Å²) in [5, 5.41) is 3.98. The third-order valence-corrected chi connectivity index (χ3v) is 4.24. The maximum atomic E-state index is 12.1. The van der Waals surface area contributed by atoms with Crippen LogP contribution in [-0.2, 0) is 16.0 Å². The van der Waals surface area contributed by atoms with Crippen molar-refractivity contribution >= 4 is 16.9 Å². The third kappa shape index (κ3) is 2.95. The van der Waals surface area contributed by atoms with E-state index in [4.69, 9.17) is 9.15 Å². The molecule has 112 valence electrons. The van der Waals surface area contributed by atoms with Crippen LogP contribution in [0.4, 0.5) is 0 Å². The van der Waals surface area contributed by atoms with Gasteiger partial charge in [0, 0.05) is 24.1 Å². The van der Waals surface area contributed by atoms with Crippen molar-refractivity contribution in [3.8, 4) is 0 Å². The fourth-order valence-electron chi connectivity index (χ4n) is 2.79. The fraction of sp³-hybridized carbons (Fsp3) is 0.471. The molecule has 0 bridgehead atoms. The van der Waals surface area contributed by atoms with Crippen LogP contribution in [0.25, 0.3) is 11.0 Å². The van der Waals surface area contributed by atoms with Gasteiger partial charge in [0.1, 0.15) is 5.58 Å². The molecule has 1 aromatic carbocycles. The van der Waals surface area contributed by atoms with Crippen molar-refractivity contribution in [2.24, 2.45) is 0 Å². The van der Waals surface area contributed by atoms with E-state index in [0.717, 1.165) is 41.5 Å². The first kappa shape index (κ1) is 14.1. The van der Waals surface area contributed by atoms with Crippen LogP contribution in [0.5, 0.6) is 0 Å². The highest BCUT2D eigenvalue weighted by Crippen LogP contribution is 2.26. The zero-order valence-electron chi connectivity index (χ0n) is 12.6. The Kier molecular flexibility index (Phi) is 3.97. The molecular formula is C17H21NO3. The molecule has 1 N–H and O–H groups in total. The van der Waals surface area contributed by atoms with Gasteiger partial charge in [0.05, 0.1) is 18.8 Å². The normalized spacial score (nSPS) is 18.3. The lowest BCUT2D eigenvalue weighted by atomic mass is 10.0. The molecule has 4 heteroatoms. The number of hydrogen-bond acceptors (Lipinski definition) is 3. The average molecular weight is 287 g/mol. The van der Waals surface area contributed by atoms with E-state index >= 15 is 0 Å². The molecule has 0 spiro atoms. The Bertz CT molecular complexity index is 653. The molecule has 0 radical (unpaired) electrons. The van der Waals surface area contributed by atoms with Crippen molar-refractivity contribution in [2.45, 2.75) is 39.2 Å². The number of carbonyl (C=O) groups is 1. The van der Waals surface area contributed by atoms with E-state index in [1.165, 1.54) is 5.56 Å². The molecule has 0 unspecified atom stereocenters. The Morgan fingerprint density at radius 3 is 3.00 bits per heavy atom. The van der Waals surface area contributed by atoms with Crippen LogP contribution in [-0.4, -0.2) is 25.2 Å². The number of furan rings is 1. The maximum absolute atomic E-state index is 12.1. The average Bonchev–Trinajstić information content (AvgIpc) is 3.11. The van der Waals surface area contributed by atoms with Crippen molar-refractivity contribution in [3.63, 3.8) is 0 Å². The summed E-state index contributed by atoms with van der Waals surface area (Å²) in [6, 6.07) is 4.10. The molecule has 3 rings (SSSR count). The Morgan fingerprint density at radius 1 is 1.38 bits per heavy atom. The fourth-order valence-corrected chi connectivity index (χ4v) is 2.79. The number of nitrogens with one attached hydrogen (secondary N) is 1. The molecule has 0 aliphatic carbocycles. The predicted molar refractivity (Wildman–Crippen MR) is 81.4 cm³/mol. The first-order valence-corrected chi connectivity index (χ1v) is 7.49. The third-order valence-electron chi connectivity index (χ3n) is 4.24. The van der Waals surface area contributed by atoms with E-state index in [9.17, 15) is 4.79 Å². The van der Waals surface area contributed by atoms with Gasteiger partial charge in [-0.3, -0.25) is 4.79 Å². The van der Waals surface area contributed by atoms with Gasteiger partial charge in [-0.1, -0.05) is 12.1 Å². The molecule has 1 atom stereocenters. The quantitative estimate of drug-likeness (QED) is 0.940. The first-order valence-electron chi connectivity index (χ1n) is 7.49. The summed E-state index contributed by atoms with van der Waals surface area (Å²) in [7, 11) is 0. The minimum absolute atomic E-state index is 0.0198. The standard InChI is InChI=1S/C17H21NO3/c1-11-5-6-15-13(10-21-17(15)12(11)2)8-16(19)18-9-14-4-3-7-20-14/h5-6,10,14H,3-4,7-9H2,1-2H3,(H,18,19)/t14-/m0/s1. The van der Waals surface area contributed by atoms with E-state index in [2.05, 4.69) is 18.3 Å². The topological polar surface area (TPSA) is 51.5 Å². The van der Waals surface area contributed by atoms with Gasteiger partial charge in [0.25, 0.3) is 0 Å². The second-order valence-corrected chi connectivity index (χ2v) is 5.76. The number of carbonyl (C=O) groups excluding carboxylic acids is 1. The molecule has 1 saturated heterocycles. The zero-order chi connectivity index (χ0) is 14.8. The van der Waals surface area contributed by atoms with Gasteiger partial charge in [-0.2, -0.15) is 0 Å². The lowest BCUT2D eigenvalue weighted by molar-refractivity contribution is -0.120. The molecule has 0 saturated carbocycles.